The number of hydrogen-bond donors (Lipinski definition) is 2. The third kappa shape index (κ3) is 3.14. The molecule has 3 aromatic rings. The van der Waals surface area contributed by atoms with Gasteiger partial charge >= 0.3 is 0 Å². The van der Waals surface area contributed by atoms with Crippen molar-refractivity contribution in [3.8, 4) is 0 Å². The summed E-state index contributed by atoms with van der Waals surface area (Å²) in [4.78, 5) is 7.49. The summed E-state index contributed by atoms with van der Waals surface area (Å²) >= 11 is 5.81. The molecular formula is C15H14ClN3O2S. The molecule has 0 radical (unpaired) electrons. The Morgan fingerprint density at radius 3 is 2.64 bits per heavy atom. The molecule has 0 atom stereocenters. The zero-order valence-electron chi connectivity index (χ0n) is 11.8. The third-order valence-electron chi connectivity index (χ3n) is 3.26. The van der Waals surface area contributed by atoms with Gasteiger partial charge in [0.2, 0.25) is 10.0 Å². The van der Waals surface area contributed by atoms with Gasteiger partial charge in [-0.1, -0.05) is 23.7 Å². The standard InChI is InChI=1S/C15H14ClN3O2S/c1-10-18-14-7-6-13(8-15(14)19-10)22(20,21)17-9-11-2-4-12(16)5-3-11/h2-8,17H,9H2,1H3,(H,18,19). The highest BCUT2D eigenvalue weighted by atomic mass is 35.5. The van der Waals surface area contributed by atoms with E-state index in [1.54, 1.807) is 42.5 Å². The van der Waals surface area contributed by atoms with Gasteiger partial charge in [0, 0.05) is 11.6 Å². The van der Waals surface area contributed by atoms with Gasteiger partial charge < -0.3 is 4.98 Å². The van der Waals surface area contributed by atoms with Crippen molar-refractivity contribution in [1.82, 2.24) is 14.7 Å². The number of H-pyrrole nitrogens is 1. The van der Waals surface area contributed by atoms with E-state index >= 15 is 0 Å². The van der Waals surface area contributed by atoms with Crippen molar-refractivity contribution in [2.45, 2.75) is 18.4 Å². The molecule has 3 rings (SSSR count). The molecule has 0 aliphatic rings. The van der Waals surface area contributed by atoms with Crippen LogP contribution in [0.2, 0.25) is 5.02 Å². The van der Waals surface area contributed by atoms with Gasteiger partial charge in [0.05, 0.1) is 15.9 Å². The van der Waals surface area contributed by atoms with Crippen LogP contribution in [-0.2, 0) is 16.6 Å². The van der Waals surface area contributed by atoms with Gasteiger partial charge in [-0.05, 0) is 42.8 Å². The van der Waals surface area contributed by atoms with Crippen molar-refractivity contribution < 1.29 is 8.42 Å². The first-order chi connectivity index (χ1) is 10.4. The lowest BCUT2D eigenvalue weighted by Crippen LogP contribution is -2.23. The second-order valence-corrected chi connectivity index (χ2v) is 7.16. The van der Waals surface area contributed by atoms with Crippen LogP contribution in [0.25, 0.3) is 11.0 Å². The van der Waals surface area contributed by atoms with E-state index < -0.39 is 10.0 Å². The molecule has 0 aliphatic carbocycles. The molecule has 0 spiro atoms. The van der Waals surface area contributed by atoms with Gasteiger partial charge in [-0.25, -0.2) is 18.1 Å². The van der Waals surface area contributed by atoms with Crippen LogP contribution in [0, 0.1) is 6.92 Å². The minimum Gasteiger partial charge on any atom is -0.342 e. The topological polar surface area (TPSA) is 74.8 Å². The molecule has 0 fully saturated rings. The second kappa shape index (κ2) is 5.72. The maximum atomic E-state index is 12.4. The highest BCUT2D eigenvalue weighted by Crippen LogP contribution is 2.17. The Morgan fingerprint density at radius 2 is 1.91 bits per heavy atom. The fraction of sp³-hybridized carbons (Fsp3) is 0.133. The number of fused-ring (bicyclic) bond motifs is 1. The molecule has 0 unspecified atom stereocenters. The van der Waals surface area contributed by atoms with E-state index in [1.165, 1.54) is 0 Å². The number of hydrogen-bond acceptors (Lipinski definition) is 3. The van der Waals surface area contributed by atoms with Gasteiger partial charge in [-0.2, -0.15) is 0 Å². The van der Waals surface area contributed by atoms with Crippen molar-refractivity contribution >= 4 is 32.7 Å². The summed E-state index contributed by atoms with van der Waals surface area (Å²) in [5, 5.41) is 0.617. The monoisotopic (exact) mass is 335 g/mol. The lowest BCUT2D eigenvalue weighted by atomic mass is 10.2. The number of aromatic nitrogens is 2. The average molecular weight is 336 g/mol. The fourth-order valence-corrected chi connectivity index (χ4v) is 3.32. The van der Waals surface area contributed by atoms with Gasteiger partial charge in [-0.3, -0.25) is 0 Å². The van der Waals surface area contributed by atoms with Gasteiger partial charge in [0.1, 0.15) is 5.82 Å². The summed E-state index contributed by atoms with van der Waals surface area (Å²) in [5.41, 5.74) is 2.28. The van der Waals surface area contributed by atoms with E-state index in [9.17, 15) is 8.42 Å². The fourth-order valence-electron chi connectivity index (χ4n) is 2.15. The third-order valence-corrected chi connectivity index (χ3v) is 4.91. The Kier molecular flexibility index (Phi) is 3.90. The summed E-state index contributed by atoms with van der Waals surface area (Å²) in [7, 11) is -3.58. The molecule has 0 bridgehead atoms. The zero-order valence-corrected chi connectivity index (χ0v) is 13.4. The summed E-state index contributed by atoms with van der Waals surface area (Å²) < 4.78 is 27.3. The molecule has 1 aromatic heterocycles. The first kappa shape index (κ1) is 15.0. The molecule has 2 N–H and O–H groups in total. The highest BCUT2D eigenvalue weighted by molar-refractivity contribution is 7.89. The Hall–Kier alpha value is -1.89. The van der Waals surface area contributed by atoms with E-state index in [0.717, 1.165) is 16.9 Å². The van der Waals surface area contributed by atoms with Crippen molar-refractivity contribution in [1.29, 1.82) is 0 Å². The zero-order chi connectivity index (χ0) is 15.7. The minimum absolute atomic E-state index is 0.206. The number of rotatable bonds is 4. The van der Waals surface area contributed by atoms with E-state index in [1.807, 2.05) is 6.92 Å². The number of aryl methyl sites for hydroxylation is 1. The summed E-state index contributed by atoms with van der Waals surface area (Å²) in [6, 6.07) is 11.8. The van der Waals surface area contributed by atoms with Crippen molar-refractivity contribution in [2.75, 3.05) is 0 Å². The number of aromatic amines is 1. The van der Waals surface area contributed by atoms with Gasteiger partial charge in [-0.15, -0.1) is 0 Å². The molecule has 0 amide bonds. The average Bonchev–Trinajstić information content (AvgIpc) is 2.86. The van der Waals surface area contributed by atoms with Gasteiger partial charge in [0.25, 0.3) is 0 Å². The van der Waals surface area contributed by atoms with Crippen LogP contribution in [0.5, 0.6) is 0 Å². The molecule has 5 nitrogen and oxygen atoms in total. The van der Waals surface area contributed by atoms with Crippen molar-refractivity contribution in [3.63, 3.8) is 0 Å². The smallest absolute Gasteiger partial charge is 0.240 e. The minimum atomic E-state index is -3.58. The van der Waals surface area contributed by atoms with Crippen LogP contribution in [0.15, 0.2) is 47.4 Å². The number of sulfonamides is 1. The van der Waals surface area contributed by atoms with E-state index in [2.05, 4.69) is 14.7 Å². The summed E-state index contributed by atoms with van der Waals surface area (Å²) in [6.45, 7) is 2.03. The van der Waals surface area contributed by atoms with Crippen molar-refractivity contribution in [2.24, 2.45) is 0 Å². The van der Waals surface area contributed by atoms with Crippen LogP contribution in [-0.4, -0.2) is 18.4 Å². The van der Waals surface area contributed by atoms with Crippen molar-refractivity contribution in [3.05, 3.63) is 58.9 Å². The second-order valence-electron chi connectivity index (χ2n) is 4.95. The lowest BCUT2D eigenvalue weighted by Gasteiger charge is -2.07. The SMILES string of the molecule is Cc1nc2ccc(S(=O)(=O)NCc3ccc(Cl)cc3)cc2[nH]1. The number of imidazole rings is 1. The quantitative estimate of drug-likeness (QED) is 0.769. The molecule has 22 heavy (non-hydrogen) atoms. The lowest BCUT2D eigenvalue weighted by molar-refractivity contribution is 0.581. The van der Waals surface area contributed by atoms with Crippen LogP contribution in [0.4, 0.5) is 0 Å². The molecule has 1 heterocycles. The van der Waals surface area contributed by atoms with Crippen LogP contribution < -0.4 is 4.72 Å². The van der Waals surface area contributed by atoms with Crippen LogP contribution in [0.1, 0.15) is 11.4 Å². The Balaban J connectivity index is 1.82. The van der Waals surface area contributed by atoms with E-state index in [-0.39, 0.29) is 11.4 Å². The molecule has 0 aliphatic heterocycles. The van der Waals surface area contributed by atoms with Gasteiger partial charge in [0.15, 0.2) is 0 Å². The molecule has 0 saturated carbocycles. The number of nitrogens with one attached hydrogen (secondary N) is 2. The van der Waals surface area contributed by atoms with Crippen LogP contribution in [0.3, 0.4) is 0 Å². The first-order valence-electron chi connectivity index (χ1n) is 6.64. The summed E-state index contributed by atoms with van der Waals surface area (Å²) in [6.07, 6.45) is 0. The Morgan fingerprint density at radius 1 is 1.18 bits per heavy atom. The van der Waals surface area contributed by atoms with E-state index in [0.29, 0.717) is 10.5 Å². The maximum Gasteiger partial charge on any atom is 0.240 e. The Bertz CT molecular complexity index is 918. The normalized spacial score (nSPS) is 11.9. The first-order valence-corrected chi connectivity index (χ1v) is 8.51. The molecule has 0 saturated heterocycles. The predicted octanol–water partition coefficient (Wildman–Crippen LogP) is 3.00. The maximum absolute atomic E-state index is 12.4. The number of benzene rings is 2. The molecular weight excluding hydrogens is 322 g/mol. The molecule has 114 valence electrons. The molecule has 2 aromatic carbocycles. The molecule has 7 heteroatoms. The largest absolute Gasteiger partial charge is 0.342 e. The highest BCUT2D eigenvalue weighted by Gasteiger charge is 2.15. The Labute approximate surface area is 133 Å². The predicted molar refractivity (Wildman–Crippen MR) is 86.3 cm³/mol. The number of nitrogens with zero attached hydrogens (tertiary/aromatic N) is 1. The summed E-state index contributed by atoms with van der Waals surface area (Å²) in [5.74, 6) is 0.749. The van der Waals surface area contributed by atoms with E-state index in [4.69, 9.17) is 11.6 Å². The van der Waals surface area contributed by atoms with Crippen LogP contribution >= 0.6 is 11.6 Å². The number of halogens is 1.